The highest BCUT2D eigenvalue weighted by molar-refractivity contribution is 7.09. The van der Waals surface area contributed by atoms with E-state index in [1.165, 1.54) is 29.2 Å². The second kappa shape index (κ2) is 7.24. The van der Waals surface area contributed by atoms with Gasteiger partial charge in [0, 0.05) is 22.5 Å². The van der Waals surface area contributed by atoms with E-state index in [1.54, 1.807) is 12.3 Å². The van der Waals surface area contributed by atoms with Gasteiger partial charge in [-0.3, -0.25) is 9.36 Å². The largest absolute Gasteiger partial charge is 0.505 e. The number of aromatic nitrogens is 3. The molecule has 7 nitrogen and oxygen atoms in total. The van der Waals surface area contributed by atoms with Gasteiger partial charge in [0.05, 0.1) is 25.4 Å². The SMILES string of the molecule is COC(=O)c1ncc2c(cc(-c3ccccc3)c(=O)n2Cc2nccs2)c1O. The third-order valence-corrected chi connectivity index (χ3v) is 5.13. The van der Waals surface area contributed by atoms with E-state index in [9.17, 15) is 14.7 Å². The molecule has 0 radical (unpaired) electrons. The van der Waals surface area contributed by atoms with E-state index >= 15 is 0 Å². The van der Waals surface area contributed by atoms with Gasteiger partial charge in [-0.25, -0.2) is 14.8 Å². The number of ether oxygens (including phenoxy) is 1. The Balaban J connectivity index is 2.04. The standard InChI is InChI=1S/C20H15N3O4S/c1-27-20(26)17-18(24)14-9-13(12-5-3-2-4-6-12)19(25)23(15(14)10-22-17)11-16-21-7-8-28-16/h2-10,24H,11H2,1H3. The molecule has 0 fully saturated rings. The number of esters is 1. The number of hydrogen-bond donors (Lipinski definition) is 1. The van der Waals surface area contributed by atoms with E-state index in [-0.39, 0.29) is 23.5 Å². The summed E-state index contributed by atoms with van der Waals surface area (Å²) in [6.07, 6.45) is 3.06. The van der Waals surface area contributed by atoms with Crippen LogP contribution < -0.4 is 5.56 Å². The van der Waals surface area contributed by atoms with Crippen molar-refractivity contribution in [2.75, 3.05) is 7.11 Å². The molecule has 1 N–H and O–H groups in total. The number of pyridine rings is 2. The minimum atomic E-state index is -0.752. The number of thiazole rings is 1. The monoisotopic (exact) mass is 393 g/mol. The van der Waals surface area contributed by atoms with E-state index in [1.807, 2.05) is 35.7 Å². The van der Waals surface area contributed by atoms with Crippen LogP contribution in [0.5, 0.6) is 5.75 Å². The predicted molar refractivity (Wildman–Crippen MR) is 106 cm³/mol. The van der Waals surface area contributed by atoms with Crippen molar-refractivity contribution in [3.8, 4) is 16.9 Å². The molecule has 4 rings (SSSR count). The summed E-state index contributed by atoms with van der Waals surface area (Å²) in [5.41, 5.74) is 1.08. The number of nitrogens with zero attached hydrogens (tertiary/aromatic N) is 3. The van der Waals surface area contributed by atoms with Crippen LogP contribution in [0.15, 0.2) is 59.0 Å². The summed E-state index contributed by atoms with van der Waals surface area (Å²) < 4.78 is 6.19. The van der Waals surface area contributed by atoms with Crippen molar-refractivity contribution in [2.45, 2.75) is 6.54 Å². The predicted octanol–water partition coefficient (Wildman–Crippen LogP) is 3.06. The number of carbonyl (C=O) groups is 1. The highest BCUT2D eigenvalue weighted by Crippen LogP contribution is 2.30. The lowest BCUT2D eigenvalue weighted by atomic mass is 10.0. The Morgan fingerprint density at radius 3 is 2.71 bits per heavy atom. The van der Waals surface area contributed by atoms with Crippen LogP contribution in [0.3, 0.4) is 0 Å². The summed E-state index contributed by atoms with van der Waals surface area (Å²) in [5.74, 6) is -1.08. The van der Waals surface area contributed by atoms with Gasteiger partial charge in [-0.2, -0.15) is 0 Å². The van der Waals surface area contributed by atoms with E-state index < -0.39 is 5.97 Å². The fourth-order valence-electron chi connectivity index (χ4n) is 3.02. The highest BCUT2D eigenvalue weighted by Gasteiger charge is 2.20. The Hall–Kier alpha value is -3.52. The van der Waals surface area contributed by atoms with Crippen LogP contribution in [-0.2, 0) is 11.3 Å². The Labute approximate surface area is 163 Å². The lowest BCUT2D eigenvalue weighted by molar-refractivity contribution is 0.0591. The fourth-order valence-corrected chi connectivity index (χ4v) is 3.62. The van der Waals surface area contributed by atoms with Crippen LogP contribution in [0.4, 0.5) is 0 Å². The van der Waals surface area contributed by atoms with Gasteiger partial charge in [0.2, 0.25) is 0 Å². The van der Waals surface area contributed by atoms with Crippen LogP contribution in [0, 0.1) is 0 Å². The van der Waals surface area contributed by atoms with Crippen molar-refractivity contribution in [1.29, 1.82) is 0 Å². The molecule has 4 aromatic rings. The smallest absolute Gasteiger partial charge is 0.360 e. The summed E-state index contributed by atoms with van der Waals surface area (Å²) in [7, 11) is 1.21. The van der Waals surface area contributed by atoms with Gasteiger partial charge in [-0.05, 0) is 11.6 Å². The van der Waals surface area contributed by atoms with E-state index in [0.717, 1.165) is 5.01 Å². The Kier molecular flexibility index (Phi) is 4.62. The molecule has 0 aliphatic rings. The summed E-state index contributed by atoms with van der Waals surface area (Å²) in [4.78, 5) is 33.4. The molecule has 0 aliphatic carbocycles. The maximum atomic E-state index is 13.2. The van der Waals surface area contributed by atoms with E-state index in [4.69, 9.17) is 0 Å². The third kappa shape index (κ3) is 3.03. The maximum absolute atomic E-state index is 13.2. The molecule has 0 saturated carbocycles. The zero-order valence-electron chi connectivity index (χ0n) is 14.8. The summed E-state index contributed by atoms with van der Waals surface area (Å²) >= 11 is 1.42. The molecule has 3 heterocycles. The highest BCUT2D eigenvalue weighted by atomic mass is 32.1. The van der Waals surface area contributed by atoms with Crippen LogP contribution in [0.25, 0.3) is 22.0 Å². The van der Waals surface area contributed by atoms with E-state index in [0.29, 0.717) is 22.0 Å². The molecule has 1 aromatic carbocycles. The number of rotatable bonds is 4. The first-order valence-corrected chi connectivity index (χ1v) is 9.25. The van der Waals surface area contributed by atoms with Crippen molar-refractivity contribution < 1.29 is 14.6 Å². The van der Waals surface area contributed by atoms with Crippen molar-refractivity contribution in [3.05, 3.63) is 75.2 Å². The average Bonchev–Trinajstić information content (AvgIpc) is 3.23. The zero-order chi connectivity index (χ0) is 19.7. The van der Waals surface area contributed by atoms with Crippen LogP contribution in [0.1, 0.15) is 15.5 Å². The summed E-state index contributed by atoms with van der Waals surface area (Å²) in [6.45, 7) is 0.229. The molecule has 0 unspecified atom stereocenters. The minimum Gasteiger partial charge on any atom is -0.505 e. The second-order valence-electron chi connectivity index (χ2n) is 5.99. The Morgan fingerprint density at radius 2 is 2.04 bits per heavy atom. The van der Waals surface area contributed by atoms with Gasteiger partial charge < -0.3 is 9.84 Å². The number of benzene rings is 1. The molecule has 0 bridgehead atoms. The number of fused-ring (bicyclic) bond motifs is 1. The molecule has 8 heteroatoms. The molecule has 0 saturated heterocycles. The molecule has 0 aliphatic heterocycles. The van der Waals surface area contributed by atoms with Crippen molar-refractivity contribution in [1.82, 2.24) is 14.5 Å². The average molecular weight is 393 g/mol. The number of hydrogen-bond acceptors (Lipinski definition) is 7. The Bertz CT molecular complexity index is 1220. The van der Waals surface area contributed by atoms with Crippen molar-refractivity contribution in [2.24, 2.45) is 0 Å². The maximum Gasteiger partial charge on any atom is 0.360 e. The molecule has 0 amide bonds. The van der Waals surface area contributed by atoms with Crippen LogP contribution >= 0.6 is 11.3 Å². The molecule has 0 atom stereocenters. The van der Waals surface area contributed by atoms with Crippen LogP contribution in [0.2, 0.25) is 0 Å². The number of methoxy groups -OCH3 is 1. The van der Waals surface area contributed by atoms with Crippen molar-refractivity contribution in [3.63, 3.8) is 0 Å². The van der Waals surface area contributed by atoms with Gasteiger partial charge in [-0.1, -0.05) is 30.3 Å². The molecule has 28 heavy (non-hydrogen) atoms. The van der Waals surface area contributed by atoms with Gasteiger partial charge in [0.25, 0.3) is 5.56 Å². The lowest BCUT2D eigenvalue weighted by Crippen LogP contribution is -2.23. The van der Waals surface area contributed by atoms with Gasteiger partial charge in [0.15, 0.2) is 11.4 Å². The van der Waals surface area contributed by atoms with Gasteiger partial charge in [-0.15, -0.1) is 11.3 Å². The Morgan fingerprint density at radius 1 is 1.25 bits per heavy atom. The number of carbonyl (C=O) groups excluding carboxylic acids is 1. The van der Waals surface area contributed by atoms with Crippen LogP contribution in [-0.4, -0.2) is 32.7 Å². The topological polar surface area (TPSA) is 94.3 Å². The zero-order valence-corrected chi connectivity index (χ0v) is 15.6. The first kappa shape index (κ1) is 17.9. The lowest BCUT2D eigenvalue weighted by Gasteiger charge is -2.14. The van der Waals surface area contributed by atoms with Gasteiger partial charge >= 0.3 is 5.97 Å². The first-order valence-electron chi connectivity index (χ1n) is 8.37. The van der Waals surface area contributed by atoms with Gasteiger partial charge in [0.1, 0.15) is 5.01 Å². The quantitative estimate of drug-likeness (QED) is 0.536. The molecule has 3 aromatic heterocycles. The summed E-state index contributed by atoms with van der Waals surface area (Å²) in [6, 6.07) is 10.7. The second-order valence-corrected chi connectivity index (χ2v) is 6.97. The van der Waals surface area contributed by atoms with Crippen molar-refractivity contribution >= 4 is 28.2 Å². The normalized spacial score (nSPS) is 10.9. The minimum absolute atomic E-state index is 0.201. The fraction of sp³-hybridized carbons (Fsp3) is 0.100. The molecule has 0 spiro atoms. The van der Waals surface area contributed by atoms with E-state index in [2.05, 4.69) is 14.7 Å². The molecule has 140 valence electrons. The molecular weight excluding hydrogens is 378 g/mol. The first-order chi connectivity index (χ1) is 13.6. The third-order valence-electron chi connectivity index (χ3n) is 4.37. The summed E-state index contributed by atoms with van der Waals surface area (Å²) in [5, 5.41) is 13.6. The molecular formula is C20H15N3O4S. The number of aromatic hydroxyl groups is 1.